The summed E-state index contributed by atoms with van der Waals surface area (Å²) in [5, 5.41) is 19.5. The number of halogens is 5. The first kappa shape index (κ1) is 34.0. The molecule has 0 radical (unpaired) electrons. The molecule has 2 aromatic carbocycles. The van der Waals surface area contributed by atoms with Gasteiger partial charge in [0.2, 0.25) is 0 Å². The minimum absolute atomic E-state index is 0.136. The molecule has 6 rings (SSSR count). The Bertz CT molecular complexity index is 1670. The van der Waals surface area contributed by atoms with Crippen LogP contribution in [0.3, 0.4) is 0 Å². The summed E-state index contributed by atoms with van der Waals surface area (Å²) in [6.07, 6.45) is -1.48. The number of carbonyl (C=O) groups excluding carboxylic acids is 2. The zero-order valence-corrected chi connectivity index (χ0v) is 26.5. The van der Waals surface area contributed by atoms with Crippen LogP contribution in [0.4, 0.5) is 24.5 Å². The average molecular weight is 696 g/mol. The Hall–Kier alpha value is -4.31. The molecule has 2 saturated heterocycles. The van der Waals surface area contributed by atoms with E-state index < -0.39 is 18.6 Å². The molecule has 2 aliphatic rings. The number of hydrogen-bond acceptors (Lipinski definition) is 8. The third-order valence-electron chi connectivity index (χ3n) is 6.85. The zero-order valence-electron chi connectivity index (χ0n) is 25.0. The van der Waals surface area contributed by atoms with Gasteiger partial charge in [-0.1, -0.05) is 23.2 Å². The molecule has 0 saturated carbocycles. The number of nitrogens with zero attached hydrogens (tertiary/aromatic N) is 4. The van der Waals surface area contributed by atoms with Crippen molar-refractivity contribution < 1.29 is 32.2 Å². The molecule has 0 bridgehead atoms. The maximum Gasteiger partial charge on any atom is 0.408 e. The predicted molar refractivity (Wildman–Crippen MR) is 170 cm³/mol. The van der Waals surface area contributed by atoms with E-state index in [1.54, 1.807) is 47.3 Å². The molecule has 12 nitrogen and oxygen atoms in total. The van der Waals surface area contributed by atoms with Crippen LogP contribution < -0.4 is 30.7 Å². The molecule has 0 spiro atoms. The van der Waals surface area contributed by atoms with E-state index in [4.69, 9.17) is 32.7 Å². The molecule has 17 heteroatoms. The van der Waals surface area contributed by atoms with E-state index >= 15 is 0 Å². The van der Waals surface area contributed by atoms with E-state index in [1.807, 2.05) is 19.1 Å². The summed E-state index contributed by atoms with van der Waals surface area (Å²) >= 11 is 11.8. The van der Waals surface area contributed by atoms with Gasteiger partial charge in [0, 0.05) is 56.5 Å². The Morgan fingerprint density at radius 2 is 1.19 bits per heavy atom. The molecule has 2 fully saturated rings. The highest BCUT2D eigenvalue weighted by Crippen LogP contribution is 2.23. The van der Waals surface area contributed by atoms with Crippen LogP contribution in [0, 0.1) is 0 Å². The summed E-state index contributed by atoms with van der Waals surface area (Å²) in [5.41, 5.74) is 1.08. The Morgan fingerprint density at radius 3 is 1.53 bits per heavy atom. The van der Waals surface area contributed by atoms with Crippen molar-refractivity contribution in [1.29, 1.82) is 0 Å². The number of rotatable bonds is 10. The van der Waals surface area contributed by atoms with Gasteiger partial charge in [-0.2, -0.15) is 23.4 Å². The van der Waals surface area contributed by atoms with Crippen LogP contribution in [-0.2, 0) is 13.1 Å². The number of aryl methyl sites for hydroxylation is 1. The number of carbonyl (C=O) groups is 2. The number of amides is 2. The maximum absolute atomic E-state index is 12.4. The molecule has 4 aromatic rings. The lowest BCUT2D eigenvalue weighted by Gasteiger charge is -2.27. The fourth-order valence-corrected chi connectivity index (χ4v) is 4.69. The molecule has 47 heavy (non-hydrogen) atoms. The highest BCUT2D eigenvalue weighted by atomic mass is 35.5. The highest BCUT2D eigenvalue weighted by molar-refractivity contribution is 6.34. The molecule has 2 amide bonds. The number of benzene rings is 2. The van der Waals surface area contributed by atoms with E-state index in [0.717, 1.165) is 38.1 Å². The van der Waals surface area contributed by atoms with Crippen LogP contribution in [0.2, 0.25) is 10.0 Å². The van der Waals surface area contributed by atoms with Gasteiger partial charge in [0.15, 0.2) is 11.4 Å². The third-order valence-corrected chi connectivity index (χ3v) is 7.40. The Morgan fingerprint density at radius 1 is 0.787 bits per heavy atom. The Kier molecular flexibility index (Phi) is 10.9. The predicted octanol–water partition coefficient (Wildman–Crippen LogP) is 4.86. The molecule has 4 N–H and O–H groups in total. The van der Waals surface area contributed by atoms with Gasteiger partial charge < -0.3 is 30.7 Å². The van der Waals surface area contributed by atoms with Crippen LogP contribution in [0.15, 0.2) is 60.9 Å². The number of ether oxygens (including phenoxy) is 2. The molecule has 0 aliphatic carbocycles. The van der Waals surface area contributed by atoms with Gasteiger partial charge in [-0.15, -0.1) is 0 Å². The van der Waals surface area contributed by atoms with Gasteiger partial charge in [0.25, 0.3) is 11.8 Å². The second-order valence-corrected chi connectivity index (χ2v) is 11.4. The molecule has 250 valence electrons. The van der Waals surface area contributed by atoms with Gasteiger partial charge in [-0.25, -0.2) is 0 Å². The van der Waals surface area contributed by atoms with Crippen molar-refractivity contribution >= 4 is 46.4 Å². The van der Waals surface area contributed by atoms with Crippen LogP contribution >= 0.6 is 23.2 Å². The monoisotopic (exact) mass is 694 g/mol. The number of anilines is 2. The highest BCUT2D eigenvalue weighted by Gasteiger charge is 2.30. The molecule has 2 aliphatic heterocycles. The van der Waals surface area contributed by atoms with E-state index in [0.29, 0.717) is 33.4 Å². The first-order valence-electron chi connectivity index (χ1n) is 14.6. The van der Waals surface area contributed by atoms with E-state index in [2.05, 4.69) is 31.5 Å². The minimum atomic E-state index is -4.45. The van der Waals surface area contributed by atoms with Gasteiger partial charge in [-0.05, 0) is 55.5 Å². The topological polar surface area (TPSA) is 136 Å². The quantitative estimate of drug-likeness (QED) is 0.185. The van der Waals surface area contributed by atoms with Crippen molar-refractivity contribution in [3.63, 3.8) is 0 Å². The first-order chi connectivity index (χ1) is 22.5. The molecule has 0 atom stereocenters. The molecule has 0 unspecified atom stereocenters. The van der Waals surface area contributed by atoms with E-state index in [9.17, 15) is 22.8 Å². The minimum Gasteiger partial charge on any atom is -0.488 e. The van der Waals surface area contributed by atoms with Crippen molar-refractivity contribution in [3.8, 4) is 11.5 Å². The molecular formula is C30H31Cl2F3N8O4. The number of alkyl halides is 3. The fourth-order valence-electron chi connectivity index (χ4n) is 4.22. The lowest BCUT2D eigenvalue weighted by atomic mass is 10.2. The van der Waals surface area contributed by atoms with Crippen molar-refractivity contribution in [2.75, 3.05) is 36.8 Å². The summed E-state index contributed by atoms with van der Waals surface area (Å²) in [4.78, 5) is 24.3. The molecule has 4 heterocycles. The van der Waals surface area contributed by atoms with Gasteiger partial charge in [0.05, 0.1) is 10.0 Å². The summed E-state index contributed by atoms with van der Waals surface area (Å²) in [5.74, 6) is 0.437. The van der Waals surface area contributed by atoms with Crippen LogP contribution in [0.1, 0.15) is 27.9 Å². The summed E-state index contributed by atoms with van der Waals surface area (Å²) in [7, 11) is 0. The standard InChI is InChI=1S/C15H14ClF3N4O2.C15H17ClN4O2/c16-12-7-23(8-15(17,18)19)22-13(12)14(24)21-9-1-3-10(4-2-9)25-11-5-20-6-11;1-2-20-9-13(16)14(19-20)15(21)18-10-3-5-11(6-4-10)22-12-7-17-8-12/h1-4,7,11,20H,5-6,8H2,(H,21,24);3-6,9,12,17H,2,7-8H2,1H3,(H,18,21). The zero-order chi connectivity index (χ0) is 33.6. The van der Waals surface area contributed by atoms with Crippen molar-refractivity contribution in [3.05, 3.63) is 82.4 Å². The Balaban J connectivity index is 0.000000186. The molecular weight excluding hydrogens is 664 g/mol. The van der Waals surface area contributed by atoms with E-state index in [1.165, 1.54) is 0 Å². The Labute approximate surface area is 277 Å². The second-order valence-electron chi connectivity index (χ2n) is 10.6. The normalized spacial score (nSPS) is 14.7. The first-order valence-corrected chi connectivity index (χ1v) is 15.3. The lowest BCUT2D eigenvalue weighted by Crippen LogP contribution is -2.50. The SMILES string of the molecule is CCn1cc(Cl)c(C(=O)Nc2ccc(OC3CNC3)cc2)n1.O=C(Nc1ccc(OC2CNC2)cc1)c1nn(CC(F)(F)F)cc1Cl. The van der Waals surface area contributed by atoms with Crippen molar-refractivity contribution in [2.24, 2.45) is 0 Å². The maximum atomic E-state index is 12.4. The number of hydrogen-bond donors (Lipinski definition) is 4. The summed E-state index contributed by atoms with van der Waals surface area (Å²) in [6.45, 7) is 4.60. The smallest absolute Gasteiger partial charge is 0.408 e. The molecule has 2 aromatic heterocycles. The summed E-state index contributed by atoms with van der Waals surface area (Å²) in [6, 6.07) is 13.9. The number of aromatic nitrogens is 4. The summed E-state index contributed by atoms with van der Waals surface area (Å²) < 4.78 is 50.7. The number of nitrogens with one attached hydrogen (secondary N) is 4. The van der Waals surface area contributed by atoms with Gasteiger partial charge in [-0.3, -0.25) is 19.0 Å². The van der Waals surface area contributed by atoms with E-state index in [-0.39, 0.29) is 34.5 Å². The van der Waals surface area contributed by atoms with Crippen LogP contribution in [0.25, 0.3) is 0 Å². The van der Waals surface area contributed by atoms with Crippen molar-refractivity contribution in [1.82, 2.24) is 30.2 Å². The average Bonchev–Trinajstić information content (AvgIpc) is 3.55. The fraction of sp³-hybridized carbons (Fsp3) is 0.333. The second kappa shape index (κ2) is 15.1. The van der Waals surface area contributed by atoms with Gasteiger partial charge >= 0.3 is 6.18 Å². The van der Waals surface area contributed by atoms with Crippen molar-refractivity contribution in [2.45, 2.75) is 38.4 Å². The van der Waals surface area contributed by atoms with Crippen LogP contribution in [-0.4, -0.2) is 75.9 Å². The third kappa shape index (κ3) is 9.60. The van der Waals surface area contributed by atoms with Gasteiger partial charge in [0.1, 0.15) is 30.3 Å². The largest absolute Gasteiger partial charge is 0.488 e. The lowest BCUT2D eigenvalue weighted by molar-refractivity contribution is -0.142. The van der Waals surface area contributed by atoms with Crippen LogP contribution in [0.5, 0.6) is 11.5 Å².